The summed E-state index contributed by atoms with van der Waals surface area (Å²) in [7, 11) is 0. The minimum atomic E-state index is 0.0604. The number of carbonyl (C=O) groups excluding carboxylic acids is 1. The second kappa shape index (κ2) is 5.78. The summed E-state index contributed by atoms with van der Waals surface area (Å²) in [5, 5.41) is 2.76. The lowest BCUT2D eigenvalue weighted by Crippen LogP contribution is -2.42. The Morgan fingerprint density at radius 3 is 3.14 bits per heavy atom. The molecule has 1 fully saturated rings. The Balaban J connectivity index is 2.28. The first-order chi connectivity index (χ1) is 6.77. The number of nitrogens with zero attached hydrogens (tertiary/aromatic N) is 1. The minimum Gasteiger partial charge on any atom is -0.352 e. The van der Waals surface area contributed by atoms with Crippen LogP contribution in [-0.2, 0) is 4.79 Å². The summed E-state index contributed by atoms with van der Waals surface area (Å²) in [5.74, 6) is 0.0604. The number of nitrogens with two attached hydrogens (primary N) is 1. The Morgan fingerprint density at radius 2 is 2.50 bits per heavy atom. The molecule has 1 heterocycles. The van der Waals surface area contributed by atoms with Gasteiger partial charge in [0.25, 0.3) is 0 Å². The van der Waals surface area contributed by atoms with Crippen LogP contribution in [0, 0.1) is 0 Å². The molecule has 0 bridgehead atoms. The molecule has 1 aliphatic rings. The number of rotatable bonds is 5. The van der Waals surface area contributed by atoms with Crippen LogP contribution < -0.4 is 11.1 Å². The zero-order valence-electron chi connectivity index (χ0n) is 8.54. The molecular weight excluding hydrogens is 178 g/mol. The Labute approximate surface area is 85.1 Å². The monoisotopic (exact) mass is 197 g/mol. The molecule has 0 saturated carbocycles. The van der Waals surface area contributed by atoms with Crippen molar-refractivity contribution < 1.29 is 4.79 Å². The van der Waals surface area contributed by atoms with E-state index < -0.39 is 0 Å². The van der Waals surface area contributed by atoms with Crippen molar-refractivity contribution in [1.29, 1.82) is 0 Å². The number of nitrogens with one attached hydrogen (secondary N) is 1. The molecule has 0 aromatic carbocycles. The summed E-state index contributed by atoms with van der Waals surface area (Å²) in [6.45, 7) is 6.19. The van der Waals surface area contributed by atoms with E-state index in [-0.39, 0.29) is 5.91 Å². The number of hydrogen-bond donors (Lipinski definition) is 2. The van der Waals surface area contributed by atoms with Gasteiger partial charge >= 0.3 is 0 Å². The first-order valence-electron chi connectivity index (χ1n) is 5.09. The highest BCUT2D eigenvalue weighted by Crippen LogP contribution is 2.14. The van der Waals surface area contributed by atoms with Gasteiger partial charge in [-0.15, -0.1) is 6.58 Å². The third kappa shape index (κ3) is 3.12. The van der Waals surface area contributed by atoms with Crippen LogP contribution in [0.5, 0.6) is 0 Å². The van der Waals surface area contributed by atoms with Gasteiger partial charge in [0.05, 0.1) is 6.54 Å². The number of carbonyl (C=O) groups is 1. The van der Waals surface area contributed by atoms with E-state index in [1.165, 1.54) is 0 Å². The van der Waals surface area contributed by atoms with E-state index in [1.807, 2.05) is 0 Å². The first kappa shape index (κ1) is 11.2. The molecule has 1 aliphatic heterocycles. The Morgan fingerprint density at radius 1 is 1.71 bits per heavy atom. The van der Waals surface area contributed by atoms with Crippen molar-refractivity contribution in [2.75, 3.05) is 26.2 Å². The van der Waals surface area contributed by atoms with Crippen molar-refractivity contribution in [3.05, 3.63) is 12.7 Å². The lowest BCUT2D eigenvalue weighted by atomic mass is 10.2. The molecule has 0 aromatic heterocycles. The highest BCUT2D eigenvalue weighted by molar-refractivity contribution is 5.78. The van der Waals surface area contributed by atoms with E-state index >= 15 is 0 Å². The van der Waals surface area contributed by atoms with Gasteiger partial charge in [0.1, 0.15) is 0 Å². The van der Waals surface area contributed by atoms with Gasteiger partial charge in [-0.25, -0.2) is 0 Å². The van der Waals surface area contributed by atoms with E-state index in [9.17, 15) is 4.79 Å². The maximum atomic E-state index is 11.4. The highest BCUT2D eigenvalue weighted by Gasteiger charge is 2.24. The van der Waals surface area contributed by atoms with Gasteiger partial charge in [0.15, 0.2) is 0 Å². The van der Waals surface area contributed by atoms with Crippen LogP contribution in [-0.4, -0.2) is 43.0 Å². The predicted molar refractivity (Wildman–Crippen MR) is 56.9 cm³/mol. The lowest BCUT2D eigenvalue weighted by Gasteiger charge is -2.21. The molecule has 0 spiro atoms. The fourth-order valence-electron chi connectivity index (χ4n) is 1.80. The fourth-order valence-corrected chi connectivity index (χ4v) is 1.80. The molecule has 4 nitrogen and oxygen atoms in total. The quantitative estimate of drug-likeness (QED) is 0.596. The smallest absolute Gasteiger partial charge is 0.234 e. The lowest BCUT2D eigenvalue weighted by molar-refractivity contribution is -0.122. The van der Waals surface area contributed by atoms with Crippen LogP contribution >= 0.6 is 0 Å². The first-order valence-corrected chi connectivity index (χ1v) is 5.09. The van der Waals surface area contributed by atoms with Crippen molar-refractivity contribution in [1.82, 2.24) is 10.2 Å². The van der Waals surface area contributed by atoms with Gasteiger partial charge in [-0.2, -0.15) is 0 Å². The van der Waals surface area contributed by atoms with Gasteiger partial charge in [-0.05, 0) is 19.4 Å². The summed E-state index contributed by atoms with van der Waals surface area (Å²) >= 11 is 0. The van der Waals surface area contributed by atoms with Gasteiger partial charge < -0.3 is 11.1 Å². The highest BCUT2D eigenvalue weighted by atomic mass is 16.2. The van der Waals surface area contributed by atoms with E-state index in [4.69, 9.17) is 5.73 Å². The van der Waals surface area contributed by atoms with E-state index in [1.54, 1.807) is 6.08 Å². The third-order valence-electron chi connectivity index (χ3n) is 2.56. The van der Waals surface area contributed by atoms with Gasteiger partial charge in [-0.1, -0.05) is 6.08 Å². The van der Waals surface area contributed by atoms with Crippen LogP contribution in [0.15, 0.2) is 12.7 Å². The number of hydrogen-bond acceptors (Lipinski definition) is 3. The Kier molecular flexibility index (Phi) is 4.62. The molecule has 80 valence electrons. The second-order valence-electron chi connectivity index (χ2n) is 3.59. The molecule has 1 rings (SSSR count). The van der Waals surface area contributed by atoms with E-state index in [2.05, 4.69) is 16.8 Å². The van der Waals surface area contributed by atoms with Crippen molar-refractivity contribution in [3.63, 3.8) is 0 Å². The molecule has 4 heteroatoms. The summed E-state index contributed by atoms with van der Waals surface area (Å²) in [6, 6.07) is 0.393. The summed E-state index contributed by atoms with van der Waals surface area (Å²) < 4.78 is 0. The number of amides is 1. The van der Waals surface area contributed by atoms with Crippen molar-refractivity contribution in [2.24, 2.45) is 5.73 Å². The molecule has 1 atom stereocenters. The van der Waals surface area contributed by atoms with Crippen LogP contribution in [0.25, 0.3) is 0 Å². The second-order valence-corrected chi connectivity index (χ2v) is 3.59. The van der Waals surface area contributed by atoms with Crippen LogP contribution in [0.4, 0.5) is 0 Å². The molecule has 0 aromatic rings. The summed E-state index contributed by atoms with van der Waals surface area (Å²) in [4.78, 5) is 13.5. The van der Waals surface area contributed by atoms with Gasteiger partial charge in [0.2, 0.25) is 5.91 Å². The normalized spacial score (nSPS) is 22.2. The average molecular weight is 197 g/mol. The molecule has 1 saturated heterocycles. The molecule has 14 heavy (non-hydrogen) atoms. The zero-order valence-corrected chi connectivity index (χ0v) is 8.54. The largest absolute Gasteiger partial charge is 0.352 e. The molecule has 1 amide bonds. The van der Waals surface area contributed by atoms with Gasteiger partial charge in [0, 0.05) is 19.1 Å². The topological polar surface area (TPSA) is 58.4 Å². The maximum Gasteiger partial charge on any atom is 0.234 e. The van der Waals surface area contributed by atoms with Crippen LogP contribution in [0.3, 0.4) is 0 Å². The fraction of sp³-hybridized carbons (Fsp3) is 0.700. The number of likely N-dealkylation sites (tertiary alicyclic amines) is 1. The molecule has 1 unspecified atom stereocenters. The van der Waals surface area contributed by atoms with Crippen molar-refractivity contribution in [2.45, 2.75) is 18.9 Å². The van der Waals surface area contributed by atoms with Crippen molar-refractivity contribution >= 4 is 5.91 Å². The van der Waals surface area contributed by atoms with Gasteiger partial charge in [-0.3, -0.25) is 9.69 Å². The Hall–Kier alpha value is -0.870. The average Bonchev–Trinajstić information content (AvgIpc) is 2.62. The predicted octanol–water partition coefficient (Wildman–Crippen LogP) is -0.288. The van der Waals surface area contributed by atoms with Crippen molar-refractivity contribution in [3.8, 4) is 0 Å². The summed E-state index contributed by atoms with van der Waals surface area (Å²) in [5.41, 5.74) is 5.61. The molecule has 0 aliphatic carbocycles. The molecule has 3 N–H and O–H groups in total. The van der Waals surface area contributed by atoms with Crippen LogP contribution in [0.1, 0.15) is 12.8 Å². The van der Waals surface area contributed by atoms with Crippen LogP contribution in [0.2, 0.25) is 0 Å². The van der Waals surface area contributed by atoms with E-state index in [0.717, 1.165) is 19.4 Å². The third-order valence-corrected chi connectivity index (χ3v) is 2.56. The SMILES string of the molecule is C=CCNC(=O)CN1CCCC1CN. The Bertz CT molecular complexity index is 206. The maximum absolute atomic E-state index is 11.4. The van der Waals surface area contributed by atoms with E-state index in [0.29, 0.717) is 25.7 Å². The minimum absolute atomic E-state index is 0.0604. The standard InChI is InChI=1S/C10H19N3O/c1-2-5-12-10(14)8-13-6-3-4-9(13)7-11/h2,9H,1,3-8,11H2,(H,12,14). The summed E-state index contributed by atoms with van der Waals surface area (Å²) in [6.07, 6.45) is 3.95. The molecular formula is C10H19N3O. The zero-order chi connectivity index (χ0) is 10.4. The molecule has 0 radical (unpaired) electrons.